The zero-order chi connectivity index (χ0) is 14.7. The highest BCUT2D eigenvalue weighted by molar-refractivity contribution is 8.00. The van der Waals surface area contributed by atoms with E-state index >= 15 is 0 Å². The first-order valence-corrected chi connectivity index (χ1v) is 8.16. The normalized spacial score (nSPS) is 30.6. The minimum absolute atomic E-state index is 0.0380. The molecule has 2 amide bonds. The van der Waals surface area contributed by atoms with E-state index in [1.54, 1.807) is 21.6 Å². The van der Waals surface area contributed by atoms with Crippen molar-refractivity contribution in [1.29, 1.82) is 0 Å². The molecule has 0 aromatic heterocycles. The van der Waals surface area contributed by atoms with E-state index in [1.807, 2.05) is 13.8 Å². The maximum atomic E-state index is 12.8. The zero-order valence-corrected chi connectivity index (χ0v) is 12.8. The third kappa shape index (κ3) is 2.88. The highest BCUT2D eigenvalue weighted by Crippen LogP contribution is 2.33. The van der Waals surface area contributed by atoms with Gasteiger partial charge in [-0.1, -0.05) is 13.8 Å². The van der Waals surface area contributed by atoms with Crippen molar-refractivity contribution < 1.29 is 19.4 Å². The summed E-state index contributed by atoms with van der Waals surface area (Å²) in [6, 6.07) is -0.809. The van der Waals surface area contributed by atoms with E-state index in [9.17, 15) is 14.7 Å². The van der Waals surface area contributed by atoms with Crippen molar-refractivity contribution in [2.75, 3.05) is 25.5 Å². The first-order chi connectivity index (χ1) is 9.60. The van der Waals surface area contributed by atoms with Crippen LogP contribution in [-0.2, 0) is 9.53 Å². The summed E-state index contributed by atoms with van der Waals surface area (Å²) in [5.41, 5.74) is 0. The summed E-state index contributed by atoms with van der Waals surface area (Å²) in [5.74, 6) is -0.441. The van der Waals surface area contributed by atoms with Crippen LogP contribution in [0, 0.1) is 0 Å². The van der Waals surface area contributed by atoms with Crippen molar-refractivity contribution in [3.63, 3.8) is 0 Å². The Labute approximate surface area is 123 Å². The van der Waals surface area contributed by atoms with Gasteiger partial charge in [-0.3, -0.25) is 4.90 Å². The molecule has 2 aliphatic rings. The van der Waals surface area contributed by atoms with Gasteiger partial charge in [0.25, 0.3) is 0 Å². The predicted octanol–water partition coefficient (Wildman–Crippen LogP) is 1.46. The van der Waals surface area contributed by atoms with Gasteiger partial charge in [0.2, 0.25) is 0 Å². The molecular weight excluding hydrogens is 280 g/mol. The zero-order valence-electron chi connectivity index (χ0n) is 11.9. The van der Waals surface area contributed by atoms with E-state index in [-0.39, 0.29) is 17.4 Å². The Bertz CT molecular complexity index is 379. The molecule has 2 saturated heterocycles. The molecule has 0 bridgehead atoms. The molecule has 2 heterocycles. The molecule has 0 saturated carbocycles. The van der Waals surface area contributed by atoms with Gasteiger partial charge < -0.3 is 14.7 Å². The average molecular weight is 302 g/mol. The highest BCUT2D eigenvalue weighted by Gasteiger charge is 2.43. The smallest absolute Gasteiger partial charge is 0.327 e. The first-order valence-electron chi connectivity index (χ1n) is 7.11. The SMILES string of the molecule is CCC1COCCN1C(=O)N1C(CC)SCC1C(=O)O. The molecule has 20 heavy (non-hydrogen) atoms. The van der Waals surface area contributed by atoms with E-state index < -0.39 is 12.0 Å². The number of carbonyl (C=O) groups is 2. The third-order valence-electron chi connectivity index (χ3n) is 3.89. The van der Waals surface area contributed by atoms with Gasteiger partial charge >= 0.3 is 12.0 Å². The molecule has 2 aliphatic heterocycles. The minimum atomic E-state index is -0.914. The molecule has 2 fully saturated rings. The monoisotopic (exact) mass is 302 g/mol. The number of carboxylic acids is 1. The van der Waals surface area contributed by atoms with Gasteiger partial charge in [-0.05, 0) is 12.8 Å². The second kappa shape index (κ2) is 6.67. The number of rotatable bonds is 3. The van der Waals surface area contributed by atoms with Gasteiger partial charge in [-0.25, -0.2) is 9.59 Å². The van der Waals surface area contributed by atoms with Gasteiger partial charge in [0, 0.05) is 12.3 Å². The lowest BCUT2D eigenvalue weighted by molar-refractivity contribution is -0.141. The lowest BCUT2D eigenvalue weighted by Gasteiger charge is -2.39. The summed E-state index contributed by atoms with van der Waals surface area (Å²) >= 11 is 1.55. The lowest BCUT2D eigenvalue weighted by Crippen LogP contribution is -2.57. The molecule has 0 radical (unpaired) electrons. The summed E-state index contributed by atoms with van der Waals surface area (Å²) in [7, 11) is 0. The van der Waals surface area contributed by atoms with E-state index in [0.717, 1.165) is 12.8 Å². The van der Waals surface area contributed by atoms with Crippen LogP contribution in [-0.4, -0.2) is 69.9 Å². The second-order valence-electron chi connectivity index (χ2n) is 5.07. The van der Waals surface area contributed by atoms with Crippen LogP contribution in [0.1, 0.15) is 26.7 Å². The molecule has 6 nitrogen and oxygen atoms in total. The lowest BCUT2D eigenvalue weighted by atomic mass is 10.2. The number of nitrogens with zero attached hydrogens (tertiary/aromatic N) is 2. The van der Waals surface area contributed by atoms with Crippen molar-refractivity contribution in [3.8, 4) is 0 Å². The summed E-state index contributed by atoms with van der Waals surface area (Å²) in [6.45, 7) is 5.61. The number of amides is 2. The Kier molecular flexibility index (Phi) is 5.15. The average Bonchev–Trinajstić information content (AvgIpc) is 2.90. The number of thioether (sulfide) groups is 1. The van der Waals surface area contributed by atoms with Crippen molar-refractivity contribution in [2.24, 2.45) is 0 Å². The molecule has 7 heteroatoms. The van der Waals surface area contributed by atoms with Crippen molar-refractivity contribution in [3.05, 3.63) is 0 Å². The number of urea groups is 1. The Morgan fingerprint density at radius 3 is 2.70 bits per heavy atom. The molecular formula is C13H22N2O4S. The number of carbonyl (C=O) groups excluding carboxylic acids is 1. The fourth-order valence-electron chi connectivity index (χ4n) is 2.72. The van der Waals surface area contributed by atoms with Crippen LogP contribution in [0.25, 0.3) is 0 Å². The maximum Gasteiger partial charge on any atom is 0.327 e. The molecule has 1 N–H and O–H groups in total. The minimum Gasteiger partial charge on any atom is -0.480 e. The largest absolute Gasteiger partial charge is 0.480 e. The fourth-order valence-corrected chi connectivity index (χ4v) is 4.06. The molecule has 0 aliphatic carbocycles. The molecule has 3 atom stereocenters. The van der Waals surface area contributed by atoms with E-state index in [0.29, 0.717) is 25.5 Å². The molecule has 0 aromatic carbocycles. The second-order valence-corrected chi connectivity index (χ2v) is 6.28. The summed E-state index contributed by atoms with van der Waals surface area (Å²) < 4.78 is 5.41. The van der Waals surface area contributed by atoms with E-state index in [4.69, 9.17) is 4.74 Å². The van der Waals surface area contributed by atoms with Gasteiger partial charge in [0.05, 0.1) is 24.6 Å². The van der Waals surface area contributed by atoms with Crippen LogP contribution in [0.3, 0.4) is 0 Å². The number of ether oxygens (including phenoxy) is 1. The van der Waals surface area contributed by atoms with Crippen molar-refractivity contribution in [2.45, 2.75) is 44.1 Å². The van der Waals surface area contributed by atoms with Gasteiger partial charge in [-0.15, -0.1) is 11.8 Å². The Morgan fingerprint density at radius 1 is 1.35 bits per heavy atom. The highest BCUT2D eigenvalue weighted by atomic mass is 32.2. The summed E-state index contributed by atoms with van der Waals surface area (Å²) in [6.07, 6.45) is 1.59. The van der Waals surface area contributed by atoms with Gasteiger partial charge in [0.15, 0.2) is 0 Å². The van der Waals surface area contributed by atoms with E-state index in [1.165, 1.54) is 0 Å². The maximum absolute atomic E-state index is 12.8. The number of morpholine rings is 1. The Balaban J connectivity index is 2.17. The van der Waals surface area contributed by atoms with Crippen LogP contribution in [0.2, 0.25) is 0 Å². The van der Waals surface area contributed by atoms with E-state index in [2.05, 4.69) is 0 Å². The topological polar surface area (TPSA) is 70.1 Å². The number of carboxylic acid groups (broad SMARTS) is 1. The quantitative estimate of drug-likeness (QED) is 0.854. The van der Waals surface area contributed by atoms with Gasteiger partial charge in [-0.2, -0.15) is 0 Å². The molecule has 0 spiro atoms. The molecule has 0 aromatic rings. The van der Waals surface area contributed by atoms with Gasteiger partial charge in [0.1, 0.15) is 6.04 Å². The Hall–Kier alpha value is -0.950. The van der Waals surface area contributed by atoms with Crippen LogP contribution in [0.5, 0.6) is 0 Å². The Morgan fingerprint density at radius 2 is 2.10 bits per heavy atom. The number of aliphatic carboxylic acids is 1. The van der Waals surface area contributed by atoms with Crippen LogP contribution in [0.15, 0.2) is 0 Å². The third-order valence-corrected chi connectivity index (χ3v) is 5.35. The number of hydrogen-bond donors (Lipinski definition) is 1. The predicted molar refractivity (Wildman–Crippen MR) is 76.8 cm³/mol. The number of hydrogen-bond acceptors (Lipinski definition) is 4. The molecule has 3 unspecified atom stereocenters. The van der Waals surface area contributed by atoms with Crippen LogP contribution < -0.4 is 0 Å². The standard InChI is InChI=1S/C13H22N2O4S/c1-3-9-7-19-6-5-14(9)13(18)15-10(12(16)17)8-20-11(15)4-2/h9-11H,3-8H2,1-2H3,(H,16,17). The fraction of sp³-hybridized carbons (Fsp3) is 0.846. The summed E-state index contributed by atoms with van der Waals surface area (Å²) in [4.78, 5) is 27.5. The van der Waals surface area contributed by atoms with Crippen molar-refractivity contribution in [1.82, 2.24) is 9.80 Å². The summed E-state index contributed by atoms with van der Waals surface area (Å²) in [5, 5.41) is 9.28. The molecule has 114 valence electrons. The van der Waals surface area contributed by atoms with Crippen LogP contribution in [0.4, 0.5) is 4.79 Å². The first kappa shape index (κ1) is 15.4. The molecule has 2 rings (SSSR count). The van der Waals surface area contributed by atoms with Crippen molar-refractivity contribution >= 4 is 23.8 Å². The van der Waals surface area contributed by atoms with Crippen LogP contribution >= 0.6 is 11.8 Å².